The zero-order valence-corrected chi connectivity index (χ0v) is 11.4. The summed E-state index contributed by atoms with van der Waals surface area (Å²) in [4.78, 5) is 2.40. The van der Waals surface area contributed by atoms with Gasteiger partial charge in [-0.3, -0.25) is 4.90 Å². The Morgan fingerprint density at radius 1 is 1.35 bits per heavy atom. The standard InChI is InChI=1S/C13H17Cl2NO/c1-10-9-17-13(6-14)8-16(10)7-11-2-4-12(15)5-3-11/h2-5,10,13H,6-9H2,1H3. The van der Waals surface area contributed by atoms with E-state index in [1.54, 1.807) is 0 Å². The average molecular weight is 274 g/mol. The van der Waals surface area contributed by atoms with Crippen molar-refractivity contribution in [2.24, 2.45) is 0 Å². The van der Waals surface area contributed by atoms with E-state index in [0.29, 0.717) is 11.9 Å². The number of ether oxygens (including phenoxy) is 1. The Morgan fingerprint density at radius 2 is 2.06 bits per heavy atom. The van der Waals surface area contributed by atoms with E-state index in [2.05, 4.69) is 24.0 Å². The summed E-state index contributed by atoms with van der Waals surface area (Å²) in [6.07, 6.45) is 0.153. The normalized spacial score (nSPS) is 26.1. The van der Waals surface area contributed by atoms with Crippen molar-refractivity contribution in [3.05, 3.63) is 34.9 Å². The molecule has 0 bridgehead atoms. The monoisotopic (exact) mass is 273 g/mol. The number of hydrogen-bond acceptors (Lipinski definition) is 2. The zero-order chi connectivity index (χ0) is 12.3. The number of hydrogen-bond donors (Lipinski definition) is 0. The highest BCUT2D eigenvalue weighted by atomic mass is 35.5. The van der Waals surface area contributed by atoms with Gasteiger partial charge in [0.2, 0.25) is 0 Å². The van der Waals surface area contributed by atoms with Crippen LogP contribution >= 0.6 is 23.2 Å². The fourth-order valence-electron chi connectivity index (χ4n) is 2.01. The van der Waals surface area contributed by atoms with E-state index in [1.807, 2.05) is 12.1 Å². The van der Waals surface area contributed by atoms with Gasteiger partial charge < -0.3 is 4.74 Å². The number of morpholine rings is 1. The van der Waals surface area contributed by atoms with E-state index in [-0.39, 0.29) is 6.10 Å². The molecule has 17 heavy (non-hydrogen) atoms. The predicted molar refractivity (Wildman–Crippen MR) is 71.8 cm³/mol. The van der Waals surface area contributed by atoms with Crippen LogP contribution in [-0.4, -0.2) is 36.1 Å². The fraction of sp³-hybridized carbons (Fsp3) is 0.538. The highest BCUT2D eigenvalue weighted by molar-refractivity contribution is 6.30. The number of nitrogens with zero attached hydrogens (tertiary/aromatic N) is 1. The molecule has 2 rings (SSSR count). The van der Waals surface area contributed by atoms with Crippen molar-refractivity contribution in [3.8, 4) is 0 Å². The molecule has 0 aromatic heterocycles. The van der Waals surface area contributed by atoms with Crippen LogP contribution in [0.2, 0.25) is 5.02 Å². The minimum absolute atomic E-state index is 0.153. The third kappa shape index (κ3) is 3.59. The summed E-state index contributed by atoms with van der Waals surface area (Å²) in [5, 5.41) is 0.780. The van der Waals surface area contributed by atoms with Crippen molar-refractivity contribution < 1.29 is 4.74 Å². The molecule has 94 valence electrons. The lowest BCUT2D eigenvalue weighted by atomic mass is 10.1. The van der Waals surface area contributed by atoms with Crippen LogP contribution in [0.25, 0.3) is 0 Å². The van der Waals surface area contributed by atoms with Crippen LogP contribution < -0.4 is 0 Å². The molecule has 0 N–H and O–H groups in total. The van der Waals surface area contributed by atoms with Gasteiger partial charge in [-0.15, -0.1) is 11.6 Å². The smallest absolute Gasteiger partial charge is 0.0838 e. The Labute approximate surface area is 112 Å². The molecule has 1 saturated heterocycles. The highest BCUT2D eigenvalue weighted by Gasteiger charge is 2.25. The lowest BCUT2D eigenvalue weighted by Gasteiger charge is -2.37. The molecule has 2 unspecified atom stereocenters. The second-order valence-corrected chi connectivity index (χ2v) is 5.26. The van der Waals surface area contributed by atoms with Crippen molar-refractivity contribution in [3.63, 3.8) is 0 Å². The van der Waals surface area contributed by atoms with E-state index in [9.17, 15) is 0 Å². The van der Waals surface area contributed by atoms with Gasteiger partial charge in [-0.1, -0.05) is 23.7 Å². The van der Waals surface area contributed by atoms with Crippen LogP contribution in [0.15, 0.2) is 24.3 Å². The van der Waals surface area contributed by atoms with Crippen LogP contribution in [-0.2, 0) is 11.3 Å². The minimum Gasteiger partial charge on any atom is -0.374 e. The molecule has 1 aliphatic heterocycles. The van der Waals surface area contributed by atoms with E-state index < -0.39 is 0 Å². The van der Waals surface area contributed by atoms with Gasteiger partial charge in [0.1, 0.15) is 0 Å². The number of alkyl halides is 1. The summed E-state index contributed by atoms with van der Waals surface area (Å²) in [6, 6.07) is 8.44. The molecule has 0 amide bonds. The van der Waals surface area contributed by atoms with E-state index in [0.717, 1.165) is 24.7 Å². The maximum atomic E-state index is 5.88. The van der Waals surface area contributed by atoms with Crippen LogP contribution in [0, 0.1) is 0 Å². The van der Waals surface area contributed by atoms with Gasteiger partial charge in [0.25, 0.3) is 0 Å². The molecule has 1 aromatic rings. The second-order valence-electron chi connectivity index (χ2n) is 4.51. The first-order chi connectivity index (χ1) is 8.19. The first-order valence-electron chi connectivity index (χ1n) is 5.85. The lowest BCUT2D eigenvalue weighted by molar-refractivity contribution is -0.0510. The molecule has 0 saturated carbocycles. The topological polar surface area (TPSA) is 12.5 Å². The average Bonchev–Trinajstić information content (AvgIpc) is 2.35. The van der Waals surface area contributed by atoms with E-state index >= 15 is 0 Å². The quantitative estimate of drug-likeness (QED) is 0.785. The number of benzene rings is 1. The number of halogens is 2. The summed E-state index contributed by atoms with van der Waals surface area (Å²) >= 11 is 11.7. The van der Waals surface area contributed by atoms with Gasteiger partial charge in [-0.25, -0.2) is 0 Å². The largest absolute Gasteiger partial charge is 0.374 e. The van der Waals surface area contributed by atoms with Crippen molar-refractivity contribution in [1.29, 1.82) is 0 Å². The maximum absolute atomic E-state index is 5.88. The predicted octanol–water partition coefficient (Wildman–Crippen LogP) is 3.17. The van der Waals surface area contributed by atoms with Crippen LogP contribution in [0.3, 0.4) is 0 Å². The SMILES string of the molecule is CC1COC(CCl)CN1Cc1ccc(Cl)cc1. The fourth-order valence-corrected chi connectivity index (χ4v) is 2.33. The summed E-state index contributed by atoms with van der Waals surface area (Å²) in [5.41, 5.74) is 1.27. The molecule has 1 fully saturated rings. The molecular weight excluding hydrogens is 257 g/mol. The molecule has 0 aliphatic carbocycles. The van der Waals surface area contributed by atoms with Gasteiger partial charge >= 0.3 is 0 Å². The Hall–Kier alpha value is -0.280. The molecule has 1 aliphatic rings. The summed E-state index contributed by atoms with van der Waals surface area (Å²) in [5.74, 6) is 0.559. The maximum Gasteiger partial charge on any atom is 0.0838 e. The third-order valence-corrected chi connectivity index (χ3v) is 3.70. The van der Waals surface area contributed by atoms with Crippen LogP contribution in [0.5, 0.6) is 0 Å². The van der Waals surface area contributed by atoms with Gasteiger partial charge in [0.05, 0.1) is 12.7 Å². The molecule has 1 aromatic carbocycles. The minimum atomic E-state index is 0.153. The Bertz CT molecular complexity index is 355. The van der Waals surface area contributed by atoms with Crippen molar-refractivity contribution in [1.82, 2.24) is 4.90 Å². The van der Waals surface area contributed by atoms with Gasteiger partial charge in [-0.2, -0.15) is 0 Å². The molecule has 1 heterocycles. The Kier molecular flexibility index (Phi) is 4.69. The van der Waals surface area contributed by atoms with E-state index in [1.165, 1.54) is 5.56 Å². The zero-order valence-electron chi connectivity index (χ0n) is 9.90. The molecular formula is C13H17Cl2NO. The molecule has 4 heteroatoms. The van der Waals surface area contributed by atoms with Gasteiger partial charge in [-0.05, 0) is 24.6 Å². The van der Waals surface area contributed by atoms with Gasteiger partial charge in [0.15, 0.2) is 0 Å². The highest BCUT2D eigenvalue weighted by Crippen LogP contribution is 2.17. The molecule has 0 spiro atoms. The Balaban J connectivity index is 1.98. The Morgan fingerprint density at radius 3 is 2.71 bits per heavy atom. The van der Waals surface area contributed by atoms with Crippen molar-refractivity contribution >= 4 is 23.2 Å². The van der Waals surface area contributed by atoms with Crippen LogP contribution in [0.4, 0.5) is 0 Å². The van der Waals surface area contributed by atoms with Gasteiger partial charge in [0, 0.05) is 30.0 Å². The summed E-state index contributed by atoms with van der Waals surface area (Å²) in [6.45, 7) is 4.76. The third-order valence-electron chi connectivity index (χ3n) is 3.11. The van der Waals surface area contributed by atoms with Crippen molar-refractivity contribution in [2.75, 3.05) is 19.0 Å². The molecule has 2 nitrogen and oxygen atoms in total. The van der Waals surface area contributed by atoms with Crippen molar-refractivity contribution in [2.45, 2.75) is 25.6 Å². The van der Waals surface area contributed by atoms with Crippen LogP contribution in [0.1, 0.15) is 12.5 Å². The first-order valence-corrected chi connectivity index (χ1v) is 6.76. The first kappa shape index (κ1) is 13.2. The van der Waals surface area contributed by atoms with E-state index in [4.69, 9.17) is 27.9 Å². The lowest BCUT2D eigenvalue weighted by Crippen LogP contribution is -2.48. The summed E-state index contributed by atoms with van der Waals surface area (Å²) < 4.78 is 5.63. The summed E-state index contributed by atoms with van der Waals surface area (Å²) in [7, 11) is 0. The number of rotatable bonds is 3. The second kappa shape index (κ2) is 6.05. The molecule has 2 atom stereocenters. The molecule has 0 radical (unpaired) electrons.